The van der Waals surface area contributed by atoms with Crippen LogP contribution in [0.3, 0.4) is 0 Å². The minimum atomic E-state index is -1.76. The van der Waals surface area contributed by atoms with E-state index >= 15 is 0 Å². The second-order valence-corrected chi connectivity index (χ2v) is 14.3. The number of hydrogen-bond acceptors (Lipinski definition) is 2. The first-order chi connectivity index (χ1) is 10.0. The average molecular weight is 321 g/mol. The summed E-state index contributed by atoms with van der Waals surface area (Å²) < 4.78 is 6.57. The number of ketones is 1. The van der Waals surface area contributed by atoms with Crippen LogP contribution in [-0.4, -0.2) is 20.7 Å². The number of carbonyl (C=O) groups excluding carboxylic acids is 1. The zero-order valence-electron chi connectivity index (χ0n) is 15.2. The van der Waals surface area contributed by atoms with Crippen LogP contribution in [-0.2, 0) is 9.22 Å². The van der Waals surface area contributed by atoms with Gasteiger partial charge in [-0.3, -0.25) is 4.79 Å². The van der Waals surface area contributed by atoms with Gasteiger partial charge in [0.25, 0.3) is 0 Å². The summed E-state index contributed by atoms with van der Waals surface area (Å²) in [6.07, 6.45) is 8.02. The Balaban J connectivity index is 1.85. The van der Waals surface area contributed by atoms with E-state index in [1.165, 1.54) is 12.0 Å². The molecule has 0 bridgehead atoms. The molecule has 124 valence electrons. The molecule has 0 heterocycles. The first-order valence-electron chi connectivity index (χ1n) is 8.92. The van der Waals surface area contributed by atoms with Gasteiger partial charge in [-0.2, -0.15) is 0 Å². The summed E-state index contributed by atoms with van der Waals surface area (Å²) in [6.45, 7) is 14.4. The van der Waals surface area contributed by atoms with Gasteiger partial charge in [-0.1, -0.05) is 38.8 Å². The summed E-state index contributed by atoms with van der Waals surface area (Å²) in [7, 11) is -1.76. The van der Waals surface area contributed by atoms with Crippen molar-refractivity contribution in [2.75, 3.05) is 6.61 Å². The lowest BCUT2D eigenvalue weighted by molar-refractivity contribution is -0.131. The summed E-state index contributed by atoms with van der Waals surface area (Å²) in [5.41, 5.74) is 1.30. The van der Waals surface area contributed by atoms with Gasteiger partial charge in [-0.15, -0.1) is 0 Å². The van der Waals surface area contributed by atoms with Crippen molar-refractivity contribution in [1.29, 1.82) is 0 Å². The summed E-state index contributed by atoms with van der Waals surface area (Å²) in [5, 5.41) is 0.229. The third-order valence-corrected chi connectivity index (χ3v) is 11.6. The Hall–Kier alpha value is -0.413. The Bertz CT molecular complexity index is 522. The fourth-order valence-electron chi connectivity index (χ4n) is 4.27. The normalized spacial score (nSPS) is 33.8. The van der Waals surface area contributed by atoms with Gasteiger partial charge < -0.3 is 4.43 Å². The molecule has 3 aliphatic carbocycles. The van der Waals surface area contributed by atoms with Gasteiger partial charge >= 0.3 is 0 Å². The lowest BCUT2D eigenvalue weighted by Gasteiger charge is -2.44. The number of allylic oxidation sites excluding steroid dienone is 1. The minimum Gasteiger partial charge on any atom is -0.416 e. The lowest BCUT2D eigenvalue weighted by Crippen LogP contribution is -2.48. The number of fused-ring (bicyclic) bond motifs is 1. The summed E-state index contributed by atoms with van der Waals surface area (Å²) in [5.74, 6) is 0.771. The molecule has 0 N–H and O–H groups in total. The second kappa shape index (κ2) is 4.79. The lowest BCUT2D eigenvalue weighted by atomic mass is 9.65. The third kappa shape index (κ3) is 2.27. The first-order valence-corrected chi connectivity index (χ1v) is 11.8. The molecule has 0 radical (unpaired) electrons. The van der Waals surface area contributed by atoms with Crippen molar-refractivity contribution in [3.05, 3.63) is 11.6 Å². The van der Waals surface area contributed by atoms with Gasteiger partial charge in [-0.25, -0.2) is 0 Å². The Morgan fingerprint density at radius 1 is 1.27 bits per heavy atom. The Morgan fingerprint density at radius 3 is 2.45 bits per heavy atom. The fraction of sp³-hybridized carbons (Fsp3) is 0.842. The topological polar surface area (TPSA) is 26.3 Å². The van der Waals surface area contributed by atoms with Crippen LogP contribution in [0.2, 0.25) is 18.1 Å². The number of carbonyl (C=O) groups is 1. The van der Waals surface area contributed by atoms with Crippen molar-refractivity contribution in [3.8, 4) is 0 Å². The summed E-state index contributed by atoms with van der Waals surface area (Å²) in [6, 6.07) is 0. The van der Waals surface area contributed by atoms with Crippen molar-refractivity contribution < 1.29 is 9.22 Å². The third-order valence-electron chi connectivity index (χ3n) is 7.13. The van der Waals surface area contributed by atoms with Crippen molar-refractivity contribution in [1.82, 2.24) is 0 Å². The van der Waals surface area contributed by atoms with Crippen LogP contribution in [0, 0.1) is 16.7 Å². The Morgan fingerprint density at radius 2 is 1.91 bits per heavy atom. The number of rotatable bonds is 3. The highest BCUT2D eigenvalue weighted by molar-refractivity contribution is 6.74. The smallest absolute Gasteiger partial charge is 0.192 e. The average Bonchev–Trinajstić information content (AvgIpc) is 3.10. The van der Waals surface area contributed by atoms with Crippen LogP contribution in [0.1, 0.15) is 59.8 Å². The zero-order valence-corrected chi connectivity index (χ0v) is 16.2. The van der Waals surface area contributed by atoms with E-state index in [1.54, 1.807) is 0 Å². The van der Waals surface area contributed by atoms with E-state index in [-0.39, 0.29) is 21.8 Å². The molecule has 0 aromatic carbocycles. The van der Waals surface area contributed by atoms with Crippen molar-refractivity contribution >= 4 is 14.1 Å². The van der Waals surface area contributed by atoms with E-state index in [9.17, 15) is 4.79 Å². The molecule has 0 saturated heterocycles. The van der Waals surface area contributed by atoms with E-state index in [0.717, 1.165) is 32.3 Å². The highest BCUT2D eigenvalue weighted by Gasteiger charge is 2.61. The molecule has 3 rings (SSSR count). The molecule has 0 aromatic heterocycles. The van der Waals surface area contributed by atoms with Crippen molar-refractivity contribution in [3.63, 3.8) is 0 Å². The molecule has 3 aliphatic rings. The Labute approximate surface area is 136 Å². The molecule has 2 atom stereocenters. The van der Waals surface area contributed by atoms with Gasteiger partial charge in [0.15, 0.2) is 8.32 Å². The highest BCUT2D eigenvalue weighted by Crippen LogP contribution is 2.63. The molecule has 2 saturated carbocycles. The SMILES string of the molecule is CC1=C[C@]2(CO[Si](C)(C)C(C)(C)C)CCC[C@@H]2C(=O)C12CC2. The van der Waals surface area contributed by atoms with Crippen LogP contribution >= 0.6 is 0 Å². The van der Waals surface area contributed by atoms with E-state index < -0.39 is 8.32 Å². The maximum absolute atomic E-state index is 13.0. The Kier molecular flexibility index (Phi) is 3.58. The highest BCUT2D eigenvalue weighted by atomic mass is 28.4. The quantitative estimate of drug-likeness (QED) is 0.534. The van der Waals surface area contributed by atoms with Crippen molar-refractivity contribution in [2.45, 2.75) is 77.9 Å². The van der Waals surface area contributed by atoms with Crippen LogP contribution < -0.4 is 0 Å². The molecular formula is C19H32O2Si. The molecule has 2 nitrogen and oxygen atoms in total. The zero-order chi connectivity index (χ0) is 16.4. The monoisotopic (exact) mass is 320 g/mol. The van der Waals surface area contributed by atoms with Crippen LogP contribution in [0.15, 0.2) is 11.6 Å². The van der Waals surface area contributed by atoms with Gasteiger partial charge in [0, 0.05) is 23.4 Å². The minimum absolute atomic E-state index is 0.00449. The van der Waals surface area contributed by atoms with Crippen LogP contribution in [0.5, 0.6) is 0 Å². The number of hydrogen-bond donors (Lipinski definition) is 0. The molecule has 0 aliphatic heterocycles. The maximum atomic E-state index is 13.0. The van der Waals surface area contributed by atoms with Gasteiger partial charge in [0.2, 0.25) is 0 Å². The van der Waals surface area contributed by atoms with E-state index in [0.29, 0.717) is 5.78 Å². The first kappa shape index (κ1) is 16.4. The second-order valence-electron chi connectivity index (χ2n) is 9.50. The molecular weight excluding hydrogens is 288 g/mol. The molecule has 3 heteroatoms. The van der Waals surface area contributed by atoms with Crippen LogP contribution in [0.25, 0.3) is 0 Å². The molecule has 22 heavy (non-hydrogen) atoms. The van der Waals surface area contributed by atoms with Gasteiger partial charge in [0.1, 0.15) is 5.78 Å². The molecule has 2 fully saturated rings. The van der Waals surface area contributed by atoms with Gasteiger partial charge in [0.05, 0.1) is 0 Å². The number of Topliss-reactive ketones (excluding diaryl/α,β-unsaturated/α-hetero) is 1. The fourth-order valence-corrected chi connectivity index (χ4v) is 5.33. The maximum Gasteiger partial charge on any atom is 0.192 e. The predicted molar refractivity (Wildman–Crippen MR) is 93.4 cm³/mol. The molecule has 0 amide bonds. The standard InChI is InChI=1S/C19H32O2Si/c1-14-12-18(13-21-22(5,6)17(2,3)4)9-7-8-15(18)16(20)19(14)10-11-19/h12,15H,7-11,13H2,1-6H3/t15-,18+/m1/s1. The van der Waals surface area contributed by atoms with E-state index in [1.807, 2.05) is 0 Å². The molecule has 0 aromatic rings. The van der Waals surface area contributed by atoms with Crippen molar-refractivity contribution in [2.24, 2.45) is 16.7 Å². The van der Waals surface area contributed by atoms with E-state index in [4.69, 9.17) is 4.43 Å². The summed E-state index contributed by atoms with van der Waals surface area (Å²) >= 11 is 0. The van der Waals surface area contributed by atoms with Crippen LogP contribution in [0.4, 0.5) is 0 Å². The van der Waals surface area contributed by atoms with E-state index in [2.05, 4.69) is 46.9 Å². The molecule has 0 unspecified atom stereocenters. The summed E-state index contributed by atoms with van der Waals surface area (Å²) in [4.78, 5) is 13.0. The molecule has 1 spiro atoms. The predicted octanol–water partition coefficient (Wildman–Crippen LogP) is 5.10. The largest absolute Gasteiger partial charge is 0.416 e. The van der Waals surface area contributed by atoms with Gasteiger partial charge in [-0.05, 0) is 50.7 Å².